The van der Waals surface area contributed by atoms with E-state index in [0.717, 1.165) is 57.2 Å². The van der Waals surface area contributed by atoms with Crippen molar-refractivity contribution in [1.29, 1.82) is 0 Å². The summed E-state index contributed by atoms with van der Waals surface area (Å²) in [6.07, 6.45) is 7.83. The lowest BCUT2D eigenvalue weighted by Crippen LogP contribution is -2.34. The van der Waals surface area contributed by atoms with Crippen molar-refractivity contribution < 1.29 is 26.5 Å². The van der Waals surface area contributed by atoms with Gasteiger partial charge in [-0.05, 0) is 31.6 Å². The fourth-order valence-corrected chi connectivity index (χ4v) is 4.65. The van der Waals surface area contributed by atoms with E-state index in [4.69, 9.17) is 9.26 Å². The lowest BCUT2D eigenvalue weighted by molar-refractivity contribution is 0.277. The van der Waals surface area contributed by atoms with Crippen molar-refractivity contribution in [1.82, 2.24) is 20.1 Å². The van der Waals surface area contributed by atoms with Crippen molar-refractivity contribution in [3.05, 3.63) is 42.1 Å². The Morgan fingerprint density at radius 1 is 1.16 bits per heavy atom. The van der Waals surface area contributed by atoms with E-state index in [9.17, 15) is 17.2 Å². The van der Waals surface area contributed by atoms with Crippen molar-refractivity contribution in [3.8, 4) is 17.1 Å². The number of halogens is 2. The first-order valence-electron chi connectivity index (χ1n) is 12.1. The van der Waals surface area contributed by atoms with Gasteiger partial charge in [-0.2, -0.15) is 4.98 Å². The van der Waals surface area contributed by atoms with Crippen LogP contribution in [0.5, 0.6) is 5.75 Å². The maximum atomic E-state index is 14.1. The number of rotatable bonds is 10. The highest BCUT2D eigenvalue weighted by Gasteiger charge is 2.22. The standard InChI is InChI=1S/C24H30F2N6O4S/c1-15(2)23-29-22(30-36-23)17-13-27-24(28-14-17)32-8-6-16(7-9-32)5-4-10-35-18-11-19(25)21(20(26)12-18)31-37(3,33)34/h11-16,31H,4-10H2,1-3H3. The molecule has 0 saturated carbocycles. The maximum absolute atomic E-state index is 14.1. The summed E-state index contributed by atoms with van der Waals surface area (Å²) in [6, 6.07) is 1.95. The molecule has 0 atom stereocenters. The molecule has 13 heteroatoms. The van der Waals surface area contributed by atoms with Crippen LogP contribution in [0, 0.1) is 17.6 Å². The van der Waals surface area contributed by atoms with Gasteiger partial charge >= 0.3 is 0 Å². The molecule has 10 nitrogen and oxygen atoms in total. The number of benzene rings is 1. The zero-order chi connectivity index (χ0) is 26.6. The van der Waals surface area contributed by atoms with E-state index in [-0.39, 0.29) is 11.7 Å². The van der Waals surface area contributed by atoms with E-state index in [0.29, 0.717) is 35.8 Å². The quantitative estimate of drug-likeness (QED) is 0.376. The highest BCUT2D eigenvalue weighted by atomic mass is 32.2. The summed E-state index contributed by atoms with van der Waals surface area (Å²) in [5, 5.41) is 3.99. The van der Waals surface area contributed by atoms with Gasteiger partial charge in [-0.1, -0.05) is 19.0 Å². The summed E-state index contributed by atoms with van der Waals surface area (Å²) >= 11 is 0. The average molecular weight is 537 g/mol. The van der Waals surface area contributed by atoms with E-state index < -0.39 is 27.3 Å². The molecule has 200 valence electrons. The molecule has 0 unspecified atom stereocenters. The molecule has 3 aromatic rings. The molecule has 0 radical (unpaired) electrons. The van der Waals surface area contributed by atoms with Crippen LogP contribution in [0.2, 0.25) is 0 Å². The predicted molar refractivity (Wildman–Crippen MR) is 134 cm³/mol. The van der Waals surface area contributed by atoms with Gasteiger partial charge in [0.05, 0.1) is 18.4 Å². The minimum Gasteiger partial charge on any atom is -0.493 e. The SMILES string of the molecule is CC(C)c1nc(-c2cnc(N3CCC(CCCOc4cc(F)c(NS(C)(=O)=O)c(F)c4)CC3)nc2)no1. The number of piperidine rings is 1. The molecule has 1 aliphatic heterocycles. The molecule has 1 aromatic carbocycles. The monoisotopic (exact) mass is 536 g/mol. The van der Waals surface area contributed by atoms with Gasteiger partial charge in [0.1, 0.15) is 11.4 Å². The summed E-state index contributed by atoms with van der Waals surface area (Å²) in [6.45, 7) is 5.93. The van der Waals surface area contributed by atoms with Gasteiger partial charge in [-0.3, -0.25) is 4.72 Å². The number of nitrogens with zero attached hydrogens (tertiary/aromatic N) is 5. The summed E-state index contributed by atoms with van der Waals surface area (Å²) < 4.78 is 63.2. The van der Waals surface area contributed by atoms with Crippen molar-refractivity contribution in [2.45, 2.75) is 45.4 Å². The third-order valence-corrected chi connectivity index (χ3v) is 6.63. The van der Waals surface area contributed by atoms with Gasteiger partial charge < -0.3 is 14.2 Å². The van der Waals surface area contributed by atoms with E-state index in [1.54, 1.807) is 12.4 Å². The number of hydrogen-bond acceptors (Lipinski definition) is 9. The molecule has 1 aliphatic rings. The second-order valence-electron chi connectivity index (χ2n) is 9.44. The van der Waals surface area contributed by atoms with Crippen molar-refractivity contribution >= 4 is 21.7 Å². The summed E-state index contributed by atoms with van der Waals surface area (Å²) in [4.78, 5) is 15.5. The highest BCUT2D eigenvalue weighted by molar-refractivity contribution is 7.92. The molecule has 0 aliphatic carbocycles. The Labute approximate surface area is 214 Å². The molecule has 2 aromatic heterocycles. The molecule has 3 heterocycles. The first-order chi connectivity index (χ1) is 17.6. The number of sulfonamides is 1. The number of ether oxygens (including phenoxy) is 1. The molecule has 1 N–H and O–H groups in total. The Hall–Kier alpha value is -3.35. The van der Waals surface area contributed by atoms with Crippen LogP contribution in [0.3, 0.4) is 0 Å². The second kappa shape index (κ2) is 11.4. The lowest BCUT2D eigenvalue weighted by atomic mass is 9.92. The summed E-state index contributed by atoms with van der Waals surface area (Å²) in [5.74, 6) is 0.331. The number of anilines is 2. The van der Waals surface area contributed by atoms with Gasteiger partial charge in [0.25, 0.3) is 0 Å². The Morgan fingerprint density at radius 3 is 2.38 bits per heavy atom. The van der Waals surface area contributed by atoms with E-state index in [1.165, 1.54) is 0 Å². The molecule has 1 saturated heterocycles. The molecule has 4 rings (SSSR count). The normalized spacial score (nSPS) is 14.8. The highest BCUT2D eigenvalue weighted by Crippen LogP contribution is 2.28. The van der Waals surface area contributed by atoms with E-state index in [2.05, 4.69) is 25.0 Å². The maximum Gasteiger partial charge on any atom is 0.230 e. The second-order valence-corrected chi connectivity index (χ2v) is 11.2. The lowest BCUT2D eigenvalue weighted by Gasteiger charge is -2.32. The van der Waals surface area contributed by atoms with Gasteiger partial charge in [0.15, 0.2) is 11.6 Å². The zero-order valence-corrected chi connectivity index (χ0v) is 21.8. The Morgan fingerprint density at radius 2 is 1.81 bits per heavy atom. The minimum absolute atomic E-state index is 0.0192. The summed E-state index contributed by atoms with van der Waals surface area (Å²) in [7, 11) is -3.80. The Balaban J connectivity index is 1.21. The third-order valence-electron chi connectivity index (χ3n) is 6.06. The van der Waals surface area contributed by atoms with Crippen LogP contribution in [0.25, 0.3) is 11.4 Å². The fourth-order valence-electron chi connectivity index (χ4n) is 4.09. The molecule has 1 fully saturated rings. The molecular weight excluding hydrogens is 506 g/mol. The molecule has 0 amide bonds. The largest absolute Gasteiger partial charge is 0.493 e. The van der Waals surface area contributed by atoms with Crippen molar-refractivity contribution in [3.63, 3.8) is 0 Å². The van der Waals surface area contributed by atoms with Crippen LogP contribution in [-0.4, -0.2) is 54.5 Å². The molecule has 0 spiro atoms. The van der Waals surface area contributed by atoms with Crippen molar-refractivity contribution in [2.24, 2.45) is 5.92 Å². The fraction of sp³-hybridized carbons (Fsp3) is 0.500. The summed E-state index contributed by atoms with van der Waals surface area (Å²) in [5.41, 5.74) is -0.00865. The zero-order valence-electron chi connectivity index (χ0n) is 20.9. The third kappa shape index (κ3) is 7.12. The van der Waals surface area contributed by atoms with Gasteiger partial charge in [0, 0.05) is 43.5 Å². The van der Waals surface area contributed by atoms with Crippen LogP contribution < -0.4 is 14.4 Å². The number of aromatic nitrogens is 4. The molecular formula is C24H30F2N6O4S. The number of nitrogens with one attached hydrogen (secondary N) is 1. The van der Waals surface area contributed by atoms with Crippen LogP contribution in [0.1, 0.15) is 51.3 Å². The topological polar surface area (TPSA) is 123 Å². The first kappa shape index (κ1) is 26.7. The molecule has 0 bridgehead atoms. The van der Waals surface area contributed by atoms with Crippen LogP contribution in [0.15, 0.2) is 29.0 Å². The van der Waals surface area contributed by atoms with Gasteiger partial charge in [-0.25, -0.2) is 27.2 Å². The van der Waals surface area contributed by atoms with Gasteiger partial charge in [-0.15, -0.1) is 0 Å². The number of hydrogen-bond donors (Lipinski definition) is 1. The van der Waals surface area contributed by atoms with Crippen molar-refractivity contribution in [2.75, 3.05) is 35.6 Å². The smallest absolute Gasteiger partial charge is 0.230 e. The van der Waals surface area contributed by atoms with Crippen LogP contribution in [0.4, 0.5) is 20.4 Å². The van der Waals surface area contributed by atoms with E-state index >= 15 is 0 Å². The molecule has 37 heavy (non-hydrogen) atoms. The van der Waals surface area contributed by atoms with Gasteiger partial charge in [0.2, 0.25) is 27.7 Å². The van der Waals surface area contributed by atoms with Crippen LogP contribution >= 0.6 is 0 Å². The Kier molecular flexibility index (Phi) is 8.20. The van der Waals surface area contributed by atoms with E-state index in [1.807, 2.05) is 18.6 Å². The van der Waals surface area contributed by atoms with Crippen LogP contribution in [-0.2, 0) is 10.0 Å². The predicted octanol–water partition coefficient (Wildman–Crippen LogP) is 4.38. The first-order valence-corrected chi connectivity index (χ1v) is 14.0. The Bertz CT molecular complexity index is 1290. The average Bonchev–Trinajstić information content (AvgIpc) is 3.35. The minimum atomic E-state index is -3.80.